The number of phenols is 2. The number of aromatic amines is 1. The molecule has 2 heterocycles. The van der Waals surface area contributed by atoms with Gasteiger partial charge in [-0.2, -0.15) is 10.4 Å². The van der Waals surface area contributed by atoms with Crippen LogP contribution in [0.15, 0.2) is 36.4 Å². The fraction of sp³-hybridized carbons (Fsp3) is 0.150. The van der Waals surface area contributed by atoms with Crippen LogP contribution in [-0.4, -0.2) is 37.8 Å². The van der Waals surface area contributed by atoms with Crippen LogP contribution in [-0.2, 0) is 13.0 Å². The molecular weight excluding hydrogens is 380 g/mol. The standard InChI is InChI=1S/C20H15ClN4O3/c21-15-7-13(17(26)8-18(15)27)19-14-10-25(6-5-16(14)23-24-19)20(28)12-3-1-11(9-22)2-4-12/h1-4,7-8,26-27H,5-6,10H2,(H,23,24). The first-order valence-electron chi connectivity index (χ1n) is 8.55. The minimum absolute atomic E-state index is 0.103. The highest BCUT2D eigenvalue weighted by Gasteiger charge is 2.27. The molecule has 0 radical (unpaired) electrons. The lowest BCUT2D eigenvalue weighted by atomic mass is 9.99. The Balaban J connectivity index is 1.65. The minimum Gasteiger partial charge on any atom is -0.507 e. The van der Waals surface area contributed by atoms with Gasteiger partial charge in [-0.25, -0.2) is 0 Å². The van der Waals surface area contributed by atoms with Gasteiger partial charge >= 0.3 is 0 Å². The summed E-state index contributed by atoms with van der Waals surface area (Å²) in [4.78, 5) is 14.5. The molecule has 0 bridgehead atoms. The van der Waals surface area contributed by atoms with Crippen molar-refractivity contribution in [3.8, 4) is 28.8 Å². The van der Waals surface area contributed by atoms with E-state index in [2.05, 4.69) is 10.2 Å². The van der Waals surface area contributed by atoms with Gasteiger partial charge in [-0.1, -0.05) is 11.6 Å². The zero-order chi connectivity index (χ0) is 19.8. The highest BCUT2D eigenvalue weighted by atomic mass is 35.5. The molecule has 1 aromatic heterocycles. The monoisotopic (exact) mass is 394 g/mol. The molecule has 0 saturated heterocycles. The molecule has 4 rings (SSSR count). The molecule has 1 aliphatic rings. The molecule has 28 heavy (non-hydrogen) atoms. The van der Waals surface area contributed by atoms with E-state index in [1.165, 1.54) is 12.1 Å². The lowest BCUT2D eigenvalue weighted by Crippen LogP contribution is -2.35. The van der Waals surface area contributed by atoms with Crippen LogP contribution in [0.2, 0.25) is 5.02 Å². The Hall–Kier alpha value is -3.50. The Bertz CT molecular complexity index is 1120. The smallest absolute Gasteiger partial charge is 0.254 e. The molecule has 0 aliphatic carbocycles. The van der Waals surface area contributed by atoms with Gasteiger partial charge < -0.3 is 15.1 Å². The normalized spacial score (nSPS) is 13.1. The number of carbonyl (C=O) groups excluding carboxylic acids is 1. The number of nitriles is 1. The van der Waals surface area contributed by atoms with Crippen molar-refractivity contribution in [2.24, 2.45) is 0 Å². The van der Waals surface area contributed by atoms with E-state index in [0.29, 0.717) is 41.9 Å². The van der Waals surface area contributed by atoms with E-state index in [1.54, 1.807) is 29.2 Å². The Kier molecular flexibility index (Phi) is 4.41. The number of hydrogen-bond donors (Lipinski definition) is 3. The van der Waals surface area contributed by atoms with Crippen LogP contribution < -0.4 is 0 Å². The van der Waals surface area contributed by atoms with Gasteiger partial charge in [0.25, 0.3) is 5.91 Å². The van der Waals surface area contributed by atoms with Crippen molar-refractivity contribution in [2.75, 3.05) is 6.54 Å². The summed E-state index contributed by atoms with van der Waals surface area (Å²) in [5.41, 5.74) is 3.56. The van der Waals surface area contributed by atoms with Gasteiger partial charge in [-0.05, 0) is 30.3 Å². The number of fused-ring (bicyclic) bond motifs is 1. The fourth-order valence-corrected chi connectivity index (χ4v) is 3.47. The lowest BCUT2D eigenvalue weighted by molar-refractivity contribution is 0.0734. The van der Waals surface area contributed by atoms with Crippen molar-refractivity contribution in [1.29, 1.82) is 5.26 Å². The van der Waals surface area contributed by atoms with E-state index in [1.807, 2.05) is 6.07 Å². The van der Waals surface area contributed by atoms with Crippen molar-refractivity contribution in [1.82, 2.24) is 15.1 Å². The lowest BCUT2D eigenvalue weighted by Gasteiger charge is -2.27. The third-order valence-corrected chi connectivity index (χ3v) is 5.10. The number of aromatic nitrogens is 2. The second-order valence-corrected chi connectivity index (χ2v) is 6.92. The van der Waals surface area contributed by atoms with Crippen LogP contribution in [0.4, 0.5) is 0 Å². The number of aromatic hydroxyl groups is 2. The van der Waals surface area contributed by atoms with Gasteiger partial charge in [0.2, 0.25) is 0 Å². The number of benzene rings is 2. The first kappa shape index (κ1) is 17.9. The maximum absolute atomic E-state index is 12.9. The molecule has 0 fully saturated rings. The number of halogens is 1. The average molecular weight is 395 g/mol. The molecule has 3 aromatic rings. The quantitative estimate of drug-likeness (QED) is 0.617. The second kappa shape index (κ2) is 6.91. The van der Waals surface area contributed by atoms with Crippen LogP contribution in [0.5, 0.6) is 11.5 Å². The van der Waals surface area contributed by atoms with E-state index in [9.17, 15) is 15.0 Å². The summed E-state index contributed by atoms with van der Waals surface area (Å²) in [5, 5.41) is 36.1. The summed E-state index contributed by atoms with van der Waals surface area (Å²) in [7, 11) is 0. The molecule has 0 saturated carbocycles. The molecule has 8 heteroatoms. The third-order valence-electron chi connectivity index (χ3n) is 4.80. The highest BCUT2D eigenvalue weighted by Crippen LogP contribution is 2.39. The molecule has 0 unspecified atom stereocenters. The van der Waals surface area contributed by atoms with Gasteiger partial charge in [-0.3, -0.25) is 9.89 Å². The van der Waals surface area contributed by atoms with Gasteiger partial charge in [0.05, 0.1) is 16.7 Å². The van der Waals surface area contributed by atoms with Crippen LogP contribution in [0.1, 0.15) is 27.2 Å². The van der Waals surface area contributed by atoms with E-state index in [0.717, 1.165) is 11.3 Å². The van der Waals surface area contributed by atoms with Crippen LogP contribution in [0, 0.1) is 11.3 Å². The van der Waals surface area contributed by atoms with Crippen molar-refractivity contribution in [3.05, 3.63) is 63.8 Å². The summed E-state index contributed by atoms with van der Waals surface area (Å²) in [5.74, 6) is -0.507. The Morgan fingerprint density at radius 3 is 2.68 bits per heavy atom. The molecule has 7 nitrogen and oxygen atoms in total. The molecule has 0 atom stereocenters. The summed E-state index contributed by atoms with van der Waals surface area (Å²) >= 11 is 5.98. The van der Waals surface area contributed by atoms with Crippen LogP contribution >= 0.6 is 11.6 Å². The number of H-pyrrole nitrogens is 1. The van der Waals surface area contributed by atoms with E-state index in [4.69, 9.17) is 16.9 Å². The Labute approximate surface area is 165 Å². The molecule has 1 amide bonds. The average Bonchev–Trinajstić information content (AvgIpc) is 3.13. The molecular formula is C20H15ClN4O3. The summed E-state index contributed by atoms with van der Waals surface area (Å²) in [6.07, 6.45) is 0.594. The topological polar surface area (TPSA) is 113 Å². The molecule has 1 aliphatic heterocycles. The fourth-order valence-electron chi connectivity index (χ4n) is 3.30. The predicted octanol–water partition coefficient (Wildman–Crippen LogP) is 3.21. The number of hydrogen-bond acceptors (Lipinski definition) is 5. The summed E-state index contributed by atoms with van der Waals surface area (Å²) in [6, 6.07) is 11.1. The maximum Gasteiger partial charge on any atom is 0.254 e. The Morgan fingerprint density at radius 1 is 1.21 bits per heavy atom. The summed E-state index contributed by atoms with van der Waals surface area (Å²) < 4.78 is 0. The molecule has 0 spiro atoms. The van der Waals surface area contributed by atoms with Gasteiger partial charge in [0.1, 0.15) is 17.2 Å². The van der Waals surface area contributed by atoms with E-state index in [-0.39, 0.29) is 22.4 Å². The van der Waals surface area contributed by atoms with Gasteiger partial charge in [0, 0.05) is 48.0 Å². The predicted molar refractivity (Wildman–Crippen MR) is 102 cm³/mol. The zero-order valence-electron chi connectivity index (χ0n) is 14.6. The van der Waals surface area contributed by atoms with Crippen LogP contribution in [0.25, 0.3) is 11.3 Å². The van der Waals surface area contributed by atoms with Crippen molar-refractivity contribution >= 4 is 17.5 Å². The number of nitrogens with zero attached hydrogens (tertiary/aromatic N) is 3. The second-order valence-electron chi connectivity index (χ2n) is 6.52. The first-order valence-corrected chi connectivity index (χ1v) is 8.93. The number of amides is 1. The zero-order valence-corrected chi connectivity index (χ0v) is 15.4. The number of nitrogens with one attached hydrogen (secondary N) is 1. The Morgan fingerprint density at radius 2 is 1.96 bits per heavy atom. The summed E-state index contributed by atoms with van der Waals surface area (Å²) in [6.45, 7) is 0.841. The molecule has 140 valence electrons. The first-order chi connectivity index (χ1) is 13.5. The highest BCUT2D eigenvalue weighted by molar-refractivity contribution is 6.32. The molecule has 3 N–H and O–H groups in total. The van der Waals surface area contributed by atoms with Gasteiger partial charge in [0.15, 0.2) is 0 Å². The largest absolute Gasteiger partial charge is 0.507 e. The number of phenolic OH excluding ortho intramolecular Hbond substituents is 2. The van der Waals surface area contributed by atoms with Crippen LogP contribution in [0.3, 0.4) is 0 Å². The maximum atomic E-state index is 12.9. The SMILES string of the molecule is N#Cc1ccc(C(=O)N2CCc3[nH]nc(-c4cc(Cl)c(O)cc4O)c3C2)cc1. The van der Waals surface area contributed by atoms with E-state index >= 15 is 0 Å². The molecule has 2 aromatic carbocycles. The van der Waals surface area contributed by atoms with E-state index < -0.39 is 0 Å². The van der Waals surface area contributed by atoms with Crippen molar-refractivity contribution in [3.63, 3.8) is 0 Å². The third kappa shape index (κ3) is 3.04. The minimum atomic E-state index is -0.218. The number of rotatable bonds is 2. The number of carbonyl (C=O) groups is 1. The van der Waals surface area contributed by atoms with Crippen molar-refractivity contribution < 1.29 is 15.0 Å². The van der Waals surface area contributed by atoms with Crippen molar-refractivity contribution in [2.45, 2.75) is 13.0 Å². The van der Waals surface area contributed by atoms with Gasteiger partial charge in [-0.15, -0.1) is 0 Å².